The molecule has 0 aliphatic rings. The molecule has 1 aromatic carbocycles. The largest absolute Gasteiger partial charge is 0.339 e. The number of benzene rings is 1. The third kappa shape index (κ3) is 7.65. The molecule has 3 aromatic rings. The Labute approximate surface area is 202 Å². The zero-order valence-corrected chi connectivity index (χ0v) is 20.5. The lowest BCUT2D eigenvalue weighted by atomic mass is 10.1. The van der Waals surface area contributed by atoms with Crippen LogP contribution in [0.3, 0.4) is 0 Å². The second-order valence-electron chi connectivity index (χ2n) is 7.63. The Hall–Kier alpha value is -3.28. The van der Waals surface area contributed by atoms with Crippen LogP contribution in [0.25, 0.3) is 0 Å². The fraction of sp³-hybridized carbons (Fsp3) is 0.217. The number of nitrogens with one attached hydrogen (secondary N) is 3. The summed E-state index contributed by atoms with van der Waals surface area (Å²) < 4.78 is 24.8. The van der Waals surface area contributed by atoms with E-state index in [4.69, 9.17) is 0 Å². The normalized spacial score (nSPS) is 12.1. The molecule has 0 saturated carbocycles. The van der Waals surface area contributed by atoms with Crippen molar-refractivity contribution in [3.63, 3.8) is 0 Å². The van der Waals surface area contributed by atoms with E-state index < -0.39 is 27.8 Å². The summed E-state index contributed by atoms with van der Waals surface area (Å²) in [5.74, 6) is -0.865. The highest BCUT2D eigenvalue weighted by Gasteiger charge is 2.21. The van der Waals surface area contributed by atoms with Gasteiger partial charge in [0.1, 0.15) is 10.4 Å². The maximum atomic E-state index is 13.1. The molecule has 34 heavy (non-hydrogen) atoms. The van der Waals surface area contributed by atoms with Gasteiger partial charge in [0.05, 0.1) is 18.4 Å². The van der Waals surface area contributed by atoms with E-state index in [9.17, 15) is 18.0 Å². The van der Waals surface area contributed by atoms with E-state index in [-0.39, 0.29) is 5.91 Å². The Morgan fingerprint density at radius 2 is 1.71 bits per heavy atom. The van der Waals surface area contributed by atoms with E-state index in [1.54, 1.807) is 42.9 Å². The lowest BCUT2D eigenvalue weighted by Gasteiger charge is -2.19. The molecule has 2 heterocycles. The Bertz CT molecular complexity index is 1260. The van der Waals surface area contributed by atoms with Gasteiger partial charge in [-0.15, -0.1) is 0 Å². The predicted molar refractivity (Wildman–Crippen MR) is 132 cm³/mol. The molecule has 0 fully saturated rings. The van der Waals surface area contributed by atoms with Crippen molar-refractivity contribution >= 4 is 39.3 Å². The number of thioether (sulfide) groups is 1. The van der Waals surface area contributed by atoms with Crippen molar-refractivity contribution in [3.8, 4) is 0 Å². The highest BCUT2D eigenvalue weighted by atomic mass is 32.2. The third-order valence-electron chi connectivity index (χ3n) is 4.52. The Morgan fingerprint density at radius 3 is 2.35 bits per heavy atom. The van der Waals surface area contributed by atoms with Crippen molar-refractivity contribution in [1.82, 2.24) is 20.0 Å². The maximum Gasteiger partial charge on any atom is 0.258 e. The number of hydrogen-bond acceptors (Lipinski definition) is 7. The first kappa shape index (κ1) is 25.3. The summed E-state index contributed by atoms with van der Waals surface area (Å²) in [5.41, 5.74) is 3.78. The number of hydrogen-bond donors (Lipinski definition) is 3. The Morgan fingerprint density at radius 1 is 1.03 bits per heavy atom. The predicted octanol–water partition coefficient (Wildman–Crippen LogP) is 2.80. The van der Waals surface area contributed by atoms with E-state index in [0.29, 0.717) is 21.8 Å². The molecule has 2 amide bonds. The van der Waals surface area contributed by atoms with Crippen molar-refractivity contribution < 1.29 is 18.0 Å². The number of nitrogens with zero attached hydrogens (tertiary/aromatic N) is 2. The van der Waals surface area contributed by atoms with Gasteiger partial charge in [-0.3, -0.25) is 14.6 Å². The number of rotatable bonds is 9. The fourth-order valence-corrected chi connectivity index (χ4v) is 4.64. The number of carbonyl (C=O) groups excluding carboxylic acids is 2. The molecular formula is C23H25N5O4S2. The van der Waals surface area contributed by atoms with E-state index >= 15 is 0 Å². The number of carbonyl (C=O) groups is 2. The number of aryl methyl sites for hydroxylation is 2. The first-order valence-electron chi connectivity index (χ1n) is 10.3. The molecule has 3 rings (SSSR count). The van der Waals surface area contributed by atoms with Crippen LogP contribution in [0.5, 0.6) is 0 Å². The smallest absolute Gasteiger partial charge is 0.258 e. The third-order valence-corrected chi connectivity index (χ3v) is 6.36. The molecule has 3 N–H and O–H groups in total. The summed E-state index contributed by atoms with van der Waals surface area (Å²) in [6.07, 6.45) is 5.70. The summed E-state index contributed by atoms with van der Waals surface area (Å²) >= 11 is 1.17. The molecular weight excluding hydrogens is 474 g/mol. The van der Waals surface area contributed by atoms with Crippen LogP contribution in [-0.4, -0.2) is 43.0 Å². The number of aromatic nitrogens is 2. The van der Waals surface area contributed by atoms with Gasteiger partial charge < -0.3 is 10.6 Å². The van der Waals surface area contributed by atoms with Crippen LogP contribution >= 0.6 is 11.8 Å². The zero-order valence-electron chi connectivity index (χ0n) is 18.9. The summed E-state index contributed by atoms with van der Waals surface area (Å²) in [5, 5.41) is 5.45. The lowest BCUT2D eigenvalue weighted by Crippen LogP contribution is -2.37. The van der Waals surface area contributed by atoms with Gasteiger partial charge in [0.2, 0.25) is 15.9 Å². The quantitative estimate of drug-likeness (QED) is 0.305. The van der Waals surface area contributed by atoms with Crippen molar-refractivity contribution in [2.75, 3.05) is 18.1 Å². The van der Waals surface area contributed by atoms with Crippen LogP contribution < -0.4 is 15.4 Å². The Balaban J connectivity index is 1.84. The fourth-order valence-electron chi connectivity index (χ4n) is 3.13. The highest BCUT2D eigenvalue weighted by molar-refractivity contribution is 7.99. The van der Waals surface area contributed by atoms with Gasteiger partial charge in [-0.05, 0) is 66.9 Å². The number of pyridine rings is 2. The van der Waals surface area contributed by atoms with Crippen LogP contribution in [0, 0.1) is 13.8 Å². The minimum absolute atomic E-state index is 0.334. The molecule has 0 aliphatic heterocycles. The molecule has 0 radical (unpaired) electrons. The second-order valence-corrected chi connectivity index (χ2v) is 10.6. The standard InChI is InChI=1S/C23H25N5O4S2/c1-15-11-16(2)13-18(12-15)27-21(30)19-5-4-8-25-23(19)33-22(17-6-9-24-10-7-17)28-20(29)14-26-34(3,31)32/h4-13,22,26H,14H2,1-3H3,(H,27,30)(H,28,29). The second kappa shape index (κ2) is 11.2. The molecule has 178 valence electrons. The number of anilines is 1. The van der Waals surface area contributed by atoms with Crippen LogP contribution in [0.4, 0.5) is 5.69 Å². The van der Waals surface area contributed by atoms with Crippen LogP contribution in [-0.2, 0) is 14.8 Å². The molecule has 1 atom stereocenters. The van der Waals surface area contributed by atoms with E-state index in [1.165, 1.54) is 11.8 Å². The minimum Gasteiger partial charge on any atom is -0.339 e. The molecule has 0 aliphatic carbocycles. The number of sulfonamides is 1. The highest BCUT2D eigenvalue weighted by Crippen LogP contribution is 2.34. The van der Waals surface area contributed by atoms with Crippen LogP contribution in [0.2, 0.25) is 0 Å². The van der Waals surface area contributed by atoms with Gasteiger partial charge in [0, 0.05) is 24.3 Å². The average Bonchev–Trinajstić information content (AvgIpc) is 2.77. The molecule has 0 bridgehead atoms. The van der Waals surface area contributed by atoms with Crippen molar-refractivity contribution in [1.29, 1.82) is 0 Å². The van der Waals surface area contributed by atoms with Crippen molar-refractivity contribution in [3.05, 3.63) is 83.3 Å². The van der Waals surface area contributed by atoms with Crippen molar-refractivity contribution in [2.24, 2.45) is 0 Å². The topological polar surface area (TPSA) is 130 Å². The maximum absolute atomic E-state index is 13.1. The molecule has 9 nitrogen and oxygen atoms in total. The molecule has 0 saturated heterocycles. The molecule has 1 unspecified atom stereocenters. The van der Waals surface area contributed by atoms with Gasteiger partial charge in [0.15, 0.2) is 0 Å². The first-order valence-corrected chi connectivity index (χ1v) is 13.0. The minimum atomic E-state index is -3.53. The molecule has 0 spiro atoms. The van der Waals surface area contributed by atoms with Crippen LogP contribution in [0.1, 0.15) is 32.4 Å². The van der Waals surface area contributed by atoms with Crippen molar-refractivity contribution in [2.45, 2.75) is 24.2 Å². The Kier molecular flexibility index (Phi) is 8.37. The van der Waals surface area contributed by atoms with Gasteiger partial charge in [-0.2, -0.15) is 0 Å². The monoisotopic (exact) mass is 499 g/mol. The molecule has 11 heteroatoms. The van der Waals surface area contributed by atoms with Gasteiger partial charge >= 0.3 is 0 Å². The summed E-state index contributed by atoms with van der Waals surface area (Å²) in [6, 6.07) is 12.5. The van der Waals surface area contributed by atoms with E-state index in [0.717, 1.165) is 17.4 Å². The number of amides is 2. The van der Waals surface area contributed by atoms with E-state index in [1.807, 2.05) is 32.0 Å². The van der Waals surface area contributed by atoms with Gasteiger partial charge in [0.25, 0.3) is 5.91 Å². The van der Waals surface area contributed by atoms with E-state index in [2.05, 4.69) is 25.3 Å². The molecule has 2 aromatic heterocycles. The first-order chi connectivity index (χ1) is 16.1. The zero-order chi connectivity index (χ0) is 24.7. The lowest BCUT2D eigenvalue weighted by molar-refractivity contribution is -0.120. The average molecular weight is 500 g/mol. The SMILES string of the molecule is Cc1cc(C)cc(NC(=O)c2cccnc2SC(NC(=O)CNS(C)(=O)=O)c2ccncc2)c1. The summed E-state index contributed by atoms with van der Waals surface area (Å²) in [6.45, 7) is 3.49. The summed E-state index contributed by atoms with van der Waals surface area (Å²) in [4.78, 5) is 33.8. The van der Waals surface area contributed by atoms with Gasteiger partial charge in [-0.1, -0.05) is 17.8 Å². The summed E-state index contributed by atoms with van der Waals surface area (Å²) in [7, 11) is -3.53. The van der Waals surface area contributed by atoms with Crippen LogP contribution in [0.15, 0.2) is 66.1 Å². The van der Waals surface area contributed by atoms with Gasteiger partial charge in [-0.25, -0.2) is 18.1 Å².